The fourth-order valence-electron chi connectivity index (χ4n) is 1.39. The van der Waals surface area contributed by atoms with Gasteiger partial charge in [0.2, 0.25) is 0 Å². The van der Waals surface area contributed by atoms with Crippen LogP contribution in [0.15, 0.2) is 18.2 Å². The van der Waals surface area contributed by atoms with Crippen molar-refractivity contribution in [3.05, 3.63) is 35.4 Å². The topological polar surface area (TPSA) is 29.5 Å². The van der Waals surface area contributed by atoms with E-state index in [-0.39, 0.29) is 18.0 Å². The van der Waals surface area contributed by atoms with Crippen molar-refractivity contribution < 1.29 is 18.3 Å². The number of hydrogen-bond acceptors (Lipinski definition) is 2. The predicted molar refractivity (Wildman–Crippen MR) is 59.3 cm³/mol. The first-order chi connectivity index (χ1) is 7.95. The minimum absolute atomic E-state index is 0.0820. The molecular weight excluding hydrogens is 228 g/mol. The van der Waals surface area contributed by atoms with Crippen LogP contribution in [0.5, 0.6) is 0 Å². The first-order valence-corrected chi connectivity index (χ1v) is 5.17. The van der Waals surface area contributed by atoms with E-state index < -0.39 is 17.7 Å². The molecule has 1 unspecified atom stereocenters. The number of likely N-dealkylation sites (N-methyl/N-ethyl adjacent to an activating group) is 1. The molecule has 0 saturated carbocycles. The second-order valence-corrected chi connectivity index (χ2v) is 3.81. The molecular formula is C12H15F2NO2. The van der Waals surface area contributed by atoms with Crippen molar-refractivity contribution in [2.24, 2.45) is 0 Å². The number of carbonyl (C=O) groups is 1. The van der Waals surface area contributed by atoms with Crippen LogP contribution in [0.2, 0.25) is 0 Å². The van der Waals surface area contributed by atoms with Crippen molar-refractivity contribution in [2.75, 3.05) is 14.2 Å². The van der Waals surface area contributed by atoms with E-state index in [9.17, 15) is 13.6 Å². The van der Waals surface area contributed by atoms with Crippen molar-refractivity contribution in [3.8, 4) is 0 Å². The van der Waals surface area contributed by atoms with Gasteiger partial charge in [0, 0.05) is 32.3 Å². The standard InChI is InChI=1S/C12H15F2NO2/c1-8(17-3)12(16)15(2)7-9-4-5-10(13)6-11(9)14/h4-6,8H,7H2,1-3H3. The molecule has 0 spiro atoms. The first-order valence-electron chi connectivity index (χ1n) is 5.17. The Balaban J connectivity index is 2.74. The Bertz CT molecular complexity index is 409. The number of hydrogen-bond donors (Lipinski definition) is 0. The van der Waals surface area contributed by atoms with Crippen molar-refractivity contribution in [1.29, 1.82) is 0 Å². The molecule has 1 atom stereocenters. The summed E-state index contributed by atoms with van der Waals surface area (Å²) in [4.78, 5) is 13.0. The lowest BCUT2D eigenvalue weighted by atomic mass is 10.2. The lowest BCUT2D eigenvalue weighted by Gasteiger charge is -2.20. The van der Waals surface area contributed by atoms with E-state index in [4.69, 9.17) is 4.74 Å². The summed E-state index contributed by atoms with van der Waals surface area (Å²) in [6.45, 7) is 1.69. The van der Waals surface area contributed by atoms with E-state index >= 15 is 0 Å². The second kappa shape index (κ2) is 5.72. The molecule has 0 bridgehead atoms. The normalized spacial score (nSPS) is 12.3. The average molecular weight is 243 g/mol. The monoisotopic (exact) mass is 243 g/mol. The Labute approximate surface area is 99.0 Å². The van der Waals surface area contributed by atoms with Gasteiger partial charge < -0.3 is 9.64 Å². The van der Waals surface area contributed by atoms with E-state index in [0.717, 1.165) is 12.1 Å². The van der Waals surface area contributed by atoms with Gasteiger partial charge in [0.15, 0.2) is 0 Å². The third kappa shape index (κ3) is 3.49. The average Bonchev–Trinajstić information content (AvgIpc) is 2.30. The van der Waals surface area contributed by atoms with Gasteiger partial charge in [-0.3, -0.25) is 4.79 Å². The van der Waals surface area contributed by atoms with Crippen molar-refractivity contribution >= 4 is 5.91 Å². The second-order valence-electron chi connectivity index (χ2n) is 3.81. The van der Waals surface area contributed by atoms with Crippen LogP contribution < -0.4 is 0 Å². The molecule has 0 radical (unpaired) electrons. The third-order valence-corrected chi connectivity index (χ3v) is 2.50. The maximum Gasteiger partial charge on any atom is 0.251 e. The van der Waals surface area contributed by atoms with E-state index in [1.807, 2.05) is 0 Å². The number of halogens is 2. The summed E-state index contributed by atoms with van der Waals surface area (Å²) in [5, 5.41) is 0. The summed E-state index contributed by atoms with van der Waals surface area (Å²) in [6.07, 6.45) is -0.580. The van der Waals surface area contributed by atoms with Crippen LogP contribution in [-0.4, -0.2) is 31.1 Å². The highest BCUT2D eigenvalue weighted by atomic mass is 19.1. The Morgan fingerprint density at radius 2 is 2.12 bits per heavy atom. The Morgan fingerprint density at radius 3 is 2.65 bits per heavy atom. The Morgan fingerprint density at radius 1 is 1.47 bits per heavy atom. The maximum absolute atomic E-state index is 13.3. The number of rotatable bonds is 4. The van der Waals surface area contributed by atoms with Gasteiger partial charge in [-0.15, -0.1) is 0 Å². The number of carbonyl (C=O) groups excluding carboxylic acids is 1. The zero-order valence-electron chi connectivity index (χ0n) is 10.0. The van der Waals surface area contributed by atoms with Crippen LogP contribution in [0.1, 0.15) is 12.5 Å². The third-order valence-electron chi connectivity index (χ3n) is 2.50. The number of nitrogens with zero attached hydrogens (tertiary/aromatic N) is 1. The molecule has 0 fully saturated rings. The van der Waals surface area contributed by atoms with Crippen LogP contribution >= 0.6 is 0 Å². The van der Waals surface area contributed by atoms with Gasteiger partial charge in [0.05, 0.1) is 0 Å². The van der Waals surface area contributed by atoms with Crippen molar-refractivity contribution in [2.45, 2.75) is 19.6 Å². The minimum Gasteiger partial charge on any atom is -0.372 e. The van der Waals surface area contributed by atoms with Gasteiger partial charge in [-0.2, -0.15) is 0 Å². The van der Waals surface area contributed by atoms with Gasteiger partial charge in [-0.25, -0.2) is 8.78 Å². The summed E-state index contributed by atoms with van der Waals surface area (Å²) in [7, 11) is 2.97. The van der Waals surface area contributed by atoms with Crippen LogP contribution in [0.3, 0.4) is 0 Å². The first kappa shape index (κ1) is 13.6. The Kier molecular flexibility index (Phi) is 4.57. The summed E-state index contributed by atoms with van der Waals surface area (Å²) in [5.74, 6) is -1.54. The highest BCUT2D eigenvalue weighted by molar-refractivity contribution is 5.80. The molecule has 5 heteroatoms. The SMILES string of the molecule is COC(C)C(=O)N(C)Cc1ccc(F)cc1F. The minimum atomic E-state index is -0.658. The molecule has 0 heterocycles. The van der Waals surface area contributed by atoms with E-state index in [0.29, 0.717) is 0 Å². The lowest BCUT2D eigenvalue weighted by molar-refractivity contribution is -0.140. The molecule has 0 aliphatic rings. The molecule has 1 amide bonds. The summed E-state index contributed by atoms with van der Waals surface area (Å²) < 4.78 is 30.9. The molecule has 0 aromatic heterocycles. The lowest BCUT2D eigenvalue weighted by Crippen LogP contribution is -2.35. The highest BCUT2D eigenvalue weighted by Crippen LogP contribution is 2.12. The molecule has 1 aromatic carbocycles. The van der Waals surface area contributed by atoms with Gasteiger partial charge >= 0.3 is 0 Å². The zero-order chi connectivity index (χ0) is 13.0. The quantitative estimate of drug-likeness (QED) is 0.809. The summed E-state index contributed by atoms with van der Waals surface area (Å²) in [5.41, 5.74) is 0.269. The number of benzene rings is 1. The summed E-state index contributed by atoms with van der Waals surface area (Å²) in [6, 6.07) is 3.29. The molecule has 0 saturated heterocycles. The molecule has 1 aromatic rings. The van der Waals surface area contributed by atoms with Crippen LogP contribution in [0.25, 0.3) is 0 Å². The zero-order valence-corrected chi connectivity index (χ0v) is 10.0. The van der Waals surface area contributed by atoms with E-state index in [1.54, 1.807) is 14.0 Å². The van der Waals surface area contributed by atoms with Gasteiger partial charge in [-0.1, -0.05) is 6.07 Å². The van der Waals surface area contributed by atoms with Crippen LogP contribution in [-0.2, 0) is 16.1 Å². The van der Waals surface area contributed by atoms with E-state index in [2.05, 4.69) is 0 Å². The number of methoxy groups -OCH3 is 1. The molecule has 0 aliphatic heterocycles. The smallest absolute Gasteiger partial charge is 0.251 e. The predicted octanol–water partition coefficient (Wildman–Crippen LogP) is 1.96. The molecule has 0 N–H and O–H groups in total. The number of amides is 1. The van der Waals surface area contributed by atoms with Crippen LogP contribution in [0, 0.1) is 11.6 Å². The molecule has 1 rings (SSSR count). The maximum atomic E-state index is 13.3. The molecule has 17 heavy (non-hydrogen) atoms. The summed E-state index contributed by atoms with van der Waals surface area (Å²) >= 11 is 0. The Hall–Kier alpha value is -1.49. The molecule has 0 aliphatic carbocycles. The highest BCUT2D eigenvalue weighted by Gasteiger charge is 2.18. The largest absolute Gasteiger partial charge is 0.372 e. The van der Waals surface area contributed by atoms with Crippen molar-refractivity contribution in [3.63, 3.8) is 0 Å². The van der Waals surface area contributed by atoms with Gasteiger partial charge in [0.1, 0.15) is 17.7 Å². The van der Waals surface area contributed by atoms with Gasteiger partial charge in [-0.05, 0) is 13.0 Å². The number of ether oxygens (including phenoxy) is 1. The van der Waals surface area contributed by atoms with Crippen LogP contribution in [0.4, 0.5) is 8.78 Å². The van der Waals surface area contributed by atoms with E-state index in [1.165, 1.54) is 18.1 Å². The molecule has 3 nitrogen and oxygen atoms in total. The van der Waals surface area contributed by atoms with Crippen molar-refractivity contribution in [1.82, 2.24) is 4.90 Å². The fraction of sp³-hybridized carbons (Fsp3) is 0.417. The van der Waals surface area contributed by atoms with Gasteiger partial charge in [0.25, 0.3) is 5.91 Å². The fourth-order valence-corrected chi connectivity index (χ4v) is 1.39. The molecule has 94 valence electrons.